The van der Waals surface area contributed by atoms with E-state index in [1.54, 1.807) is 0 Å². The van der Waals surface area contributed by atoms with Gasteiger partial charge in [-0.1, -0.05) is 194 Å². The Labute approximate surface area is 539 Å². The van der Waals surface area contributed by atoms with Crippen molar-refractivity contribution in [2.24, 2.45) is 0 Å². The minimum Gasteiger partial charge on any atom is -0.309 e. The van der Waals surface area contributed by atoms with Crippen LogP contribution in [-0.2, 0) is 0 Å². The number of hydrogen-bond donors (Lipinski definition) is 0. The molecule has 0 aliphatic carbocycles. The van der Waals surface area contributed by atoms with Gasteiger partial charge in [-0.3, -0.25) is 14.5 Å². The Morgan fingerprint density at radius 2 is 0.628 bits per heavy atom. The van der Waals surface area contributed by atoms with E-state index >= 15 is 0 Å². The van der Waals surface area contributed by atoms with E-state index in [-0.39, 0.29) is 0 Å². The monoisotopic (exact) mass is 1200 g/mol. The van der Waals surface area contributed by atoms with E-state index in [1.165, 1.54) is 38.2 Å². The molecule has 7 heterocycles. The smallest absolute Gasteiger partial charge is 0.238 e. The first-order valence-electron chi connectivity index (χ1n) is 31.7. The number of benzene rings is 12. The van der Waals surface area contributed by atoms with E-state index in [1.807, 2.05) is 43.0 Å². The van der Waals surface area contributed by atoms with Crippen molar-refractivity contribution >= 4 is 87.2 Å². The second-order valence-electron chi connectivity index (χ2n) is 24.1. The quantitative estimate of drug-likeness (QED) is 0.136. The van der Waals surface area contributed by atoms with Gasteiger partial charge >= 0.3 is 0 Å². The highest BCUT2D eigenvalue weighted by molar-refractivity contribution is 6.19. The Bertz CT molecular complexity index is 6220. The third-order valence-electron chi connectivity index (χ3n) is 18.8. The molecule has 0 amide bonds. The van der Waals surface area contributed by atoms with Gasteiger partial charge in [0.25, 0.3) is 0 Å². The normalized spacial score (nSPS) is 11.8. The Morgan fingerprint density at radius 3 is 1.26 bits per heavy atom. The largest absolute Gasteiger partial charge is 0.309 e. The number of para-hydroxylation sites is 3. The van der Waals surface area contributed by atoms with E-state index in [9.17, 15) is 0 Å². The van der Waals surface area contributed by atoms with Crippen molar-refractivity contribution in [2.45, 2.75) is 0 Å². The van der Waals surface area contributed by atoms with Gasteiger partial charge in [-0.05, 0) is 148 Å². The Balaban J connectivity index is 0.707. The number of rotatable bonds is 10. The standard InChI is InChI=1S/C85H53N9/c1-4-18-54(19-5-1)55-36-40-63(41-37-55)91-73-32-12-10-28-67(73)71-50-59(38-42-75(71)91)66-31-17-35-78-82(66)70-45-47-87-53-80(70)93(78)64-27-15-23-58(49-64)57-22-14-24-61(48-57)84-88-83(56-20-6-2-7-21-56)89-85(90-84)94-74-33-13-11-29-68(74)72-51-60(39-43-76(72)94)65-30-16-34-77-81(65)69-44-46-86-52-79(69)92(77)62-25-8-3-9-26-62/h1-53H. The Kier molecular flexibility index (Phi) is 12.1. The van der Waals surface area contributed by atoms with E-state index in [4.69, 9.17) is 19.9 Å². The third-order valence-corrected chi connectivity index (χ3v) is 18.8. The summed E-state index contributed by atoms with van der Waals surface area (Å²) < 4.78 is 9.27. The molecule has 0 aliphatic rings. The Hall–Kier alpha value is -12.9. The van der Waals surface area contributed by atoms with Crippen molar-refractivity contribution in [3.63, 3.8) is 0 Å². The second-order valence-corrected chi connectivity index (χ2v) is 24.1. The zero-order chi connectivity index (χ0) is 61.8. The molecule has 0 unspecified atom stereocenters. The first kappa shape index (κ1) is 53.0. The van der Waals surface area contributed by atoms with Gasteiger partial charge in [-0.15, -0.1) is 0 Å². The van der Waals surface area contributed by atoms with Gasteiger partial charge in [0.2, 0.25) is 5.95 Å². The van der Waals surface area contributed by atoms with E-state index < -0.39 is 0 Å². The molecule has 0 N–H and O–H groups in total. The molecule has 7 aromatic heterocycles. The zero-order valence-corrected chi connectivity index (χ0v) is 50.6. The maximum absolute atomic E-state index is 5.43. The summed E-state index contributed by atoms with van der Waals surface area (Å²) in [5, 5.41) is 9.26. The van der Waals surface area contributed by atoms with Crippen LogP contribution in [0.2, 0.25) is 0 Å². The van der Waals surface area contributed by atoms with Crippen LogP contribution < -0.4 is 0 Å². The summed E-state index contributed by atoms with van der Waals surface area (Å²) in [5.41, 5.74) is 22.7. The van der Waals surface area contributed by atoms with Crippen LogP contribution in [-0.4, -0.2) is 43.2 Å². The Morgan fingerprint density at radius 1 is 0.213 bits per heavy atom. The van der Waals surface area contributed by atoms with Crippen LogP contribution in [0.25, 0.3) is 178 Å². The third kappa shape index (κ3) is 8.45. The molecule has 9 nitrogen and oxygen atoms in total. The topological polar surface area (TPSA) is 84.2 Å². The lowest BCUT2D eigenvalue weighted by Gasteiger charge is -2.13. The molecule has 438 valence electrons. The molecule has 0 saturated heterocycles. The molecule has 0 spiro atoms. The van der Waals surface area contributed by atoms with Gasteiger partial charge in [0, 0.05) is 83.7 Å². The van der Waals surface area contributed by atoms with Crippen molar-refractivity contribution in [1.82, 2.24) is 43.2 Å². The van der Waals surface area contributed by atoms with Gasteiger partial charge < -0.3 is 13.7 Å². The minimum absolute atomic E-state index is 0.534. The molecule has 19 rings (SSSR count). The predicted molar refractivity (Wildman–Crippen MR) is 385 cm³/mol. The minimum atomic E-state index is 0.534. The zero-order valence-electron chi connectivity index (χ0n) is 50.6. The number of aromatic nitrogens is 9. The molecular formula is C85H53N9. The summed E-state index contributed by atoms with van der Waals surface area (Å²) in [6.45, 7) is 0. The molecule has 19 aromatic rings. The summed E-state index contributed by atoms with van der Waals surface area (Å²) in [6.07, 6.45) is 7.77. The van der Waals surface area contributed by atoms with Crippen molar-refractivity contribution in [3.8, 4) is 90.3 Å². The molecule has 0 saturated carbocycles. The summed E-state index contributed by atoms with van der Waals surface area (Å²) in [5.74, 6) is 1.69. The summed E-state index contributed by atoms with van der Waals surface area (Å²) in [6, 6.07) is 106. The molecule has 0 fully saturated rings. The summed E-state index contributed by atoms with van der Waals surface area (Å²) in [4.78, 5) is 25.4. The van der Waals surface area contributed by atoms with Crippen LogP contribution in [0.1, 0.15) is 0 Å². The fraction of sp³-hybridized carbons (Fsp3) is 0. The van der Waals surface area contributed by atoms with E-state index in [2.05, 4.69) is 302 Å². The average Bonchev–Trinajstić information content (AvgIpc) is 1.58. The van der Waals surface area contributed by atoms with Crippen molar-refractivity contribution in [1.29, 1.82) is 0 Å². The predicted octanol–water partition coefficient (Wildman–Crippen LogP) is 21.1. The fourth-order valence-electron chi connectivity index (χ4n) is 14.6. The van der Waals surface area contributed by atoms with E-state index in [0.717, 1.165) is 122 Å². The van der Waals surface area contributed by atoms with Crippen molar-refractivity contribution in [3.05, 3.63) is 322 Å². The van der Waals surface area contributed by atoms with Gasteiger partial charge in [0.1, 0.15) is 0 Å². The van der Waals surface area contributed by atoms with Gasteiger partial charge in [0.15, 0.2) is 11.6 Å². The average molecular weight is 1200 g/mol. The highest BCUT2D eigenvalue weighted by atomic mass is 15.2. The summed E-state index contributed by atoms with van der Waals surface area (Å²) >= 11 is 0. The first-order valence-corrected chi connectivity index (χ1v) is 31.7. The second kappa shape index (κ2) is 21.4. The lowest BCUT2D eigenvalue weighted by atomic mass is 9.98. The number of fused-ring (bicyclic) bond motifs is 12. The number of nitrogens with zero attached hydrogens (tertiary/aromatic N) is 9. The molecule has 0 radical (unpaired) electrons. The van der Waals surface area contributed by atoms with Crippen LogP contribution in [0.5, 0.6) is 0 Å². The molecule has 0 bridgehead atoms. The SMILES string of the molecule is c1ccc(-c2ccc(-n3c4ccccc4c4cc(-c5cccc6c5c5ccncc5n6-c5cccc(-c6cccc(-c7nc(-c8ccccc8)nc(-n8c9ccccc9c9cc(-c%10cccc%11c%10c%10ccncc%10n%11-c%10ccccc%10)ccc98)n7)c6)c5)ccc43)cc2)cc1. The highest BCUT2D eigenvalue weighted by Gasteiger charge is 2.23. The van der Waals surface area contributed by atoms with Crippen molar-refractivity contribution < 1.29 is 0 Å². The van der Waals surface area contributed by atoms with Crippen molar-refractivity contribution in [2.75, 3.05) is 0 Å². The maximum atomic E-state index is 5.43. The van der Waals surface area contributed by atoms with Crippen LogP contribution in [0.4, 0.5) is 0 Å². The molecule has 9 heteroatoms. The lowest BCUT2D eigenvalue weighted by Crippen LogP contribution is -2.06. The highest BCUT2D eigenvalue weighted by Crippen LogP contribution is 2.44. The van der Waals surface area contributed by atoms with E-state index in [0.29, 0.717) is 17.6 Å². The molecule has 12 aromatic carbocycles. The van der Waals surface area contributed by atoms with Crippen LogP contribution in [0.3, 0.4) is 0 Å². The molecule has 0 atom stereocenters. The molecule has 0 aliphatic heterocycles. The van der Waals surface area contributed by atoms with Crippen LogP contribution in [0.15, 0.2) is 322 Å². The maximum Gasteiger partial charge on any atom is 0.238 e. The number of pyridine rings is 2. The first-order chi connectivity index (χ1) is 46.6. The molecular weight excluding hydrogens is 1150 g/mol. The number of hydrogen-bond acceptors (Lipinski definition) is 5. The lowest BCUT2D eigenvalue weighted by molar-refractivity contribution is 0.953. The summed E-state index contributed by atoms with van der Waals surface area (Å²) in [7, 11) is 0. The molecule has 94 heavy (non-hydrogen) atoms. The van der Waals surface area contributed by atoms with Gasteiger partial charge in [-0.25, -0.2) is 4.98 Å². The fourth-order valence-corrected chi connectivity index (χ4v) is 14.6. The van der Waals surface area contributed by atoms with Crippen LogP contribution in [0, 0.1) is 0 Å². The van der Waals surface area contributed by atoms with Gasteiger partial charge in [-0.2, -0.15) is 9.97 Å². The van der Waals surface area contributed by atoms with Crippen LogP contribution >= 0.6 is 0 Å². The van der Waals surface area contributed by atoms with Gasteiger partial charge in [0.05, 0.1) is 56.5 Å².